The van der Waals surface area contributed by atoms with Gasteiger partial charge in [0.25, 0.3) is 0 Å². The van der Waals surface area contributed by atoms with Gasteiger partial charge < -0.3 is 15.2 Å². The number of fused-ring (bicyclic) bond motifs is 1. The molecule has 38 heavy (non-hydrogen) atoms. The minimum absolute atomic E-state index is 0.217. The van der Waals surface area contributed by atoms with Crippen LogP contribution in [0.3, 0.4) is 0 Å². The Morgan fingerprint density at radius 3 is 2.18 bits per heavy atom. The van der Waals surface area contributed by atoms with Crippen LogP contribution in [0.4, 0.5) is 14.6 Å². The first-order valence-corrected chi connectivity index (χ1v) is 14.0. The molecule has 0 unspecified atom stereocenters. The van der Waals surface area contributed by atoms with Crippen LogP contribution in [0.5, 0.6) is 0 Å². The van der Waals surface area contributed by atoms with Crippen molar-refractivity contribution in [3.8, 4) is 22.3 Å². The summed E-state index contributed by atoms with van der Waals surface area (Å²) in [5.74, 6) is -0.599. The number of hydrogen-bond donors (Lipinski definition) is 1. The molecule has 0 atom stereocenters. The second kappa shape index (κ2) is 10.4. The Morgan fingerprint density at radius 1 is 0.842 bits per heavy atom. The molecule has 0 spiro atoms. The minimum atomic E-state index is -0.493. The molecule has 1 saturated heterocycles. The number of nitrogens with zero attached hydrogens (tertiary/aromatic N) is 5. The Kier molecular flexibility index (Phi) is 6.92. The van der Waals surface area contributed by atoms with Crippen LogP contribution >= 0.6 is 15.9 Å². The summed E-state index contributed by atoms with van der Waals surface area (Å²) in [7, 11) is 2.19. The van der Waals surface area contributed by atoms with E-state index in [1.165, 1.54) is 18.5 Å². The van der Waals surface area contributed by atoms with Gasteiger partial charge in [-0.2, -0.15) is 0 Å². The predicted molar refractivity (Wildman–Crippen MR) is 151 cm³/mol. The highest BCUT2D eigenvalue weighted by molar-refractivity contribution is 9.10. The van der Waals surface area contributed by atoms with Gasteiger partial charge in [0.15, 0.2) is 0 Å². The average molecular weight is 582 g/mol. The van der Waals surface area contributed by atoms with Crippen molar-refractivity contribution in [2.24, 2.45) is 0 Å². The zero-order chi connectivity index (χ0) is 26.4. The lowest BCUT2D eigenvalue weighted by molar-refractivity contribution is 0.0828. The topological polar surface area (TPSA) is 63.2 Å². The lowest BCUT2D eigenvalue weighted by Crippen LogP contribution is -2.49. The van der Waals surface area contributed by atoms with Crippen LogP contribution in [0, 0.1) is 11.6 Å². The number of piperazine rings is 1. The number of nitrogens with two attached hydrogens (primary N) is 1. The first-order chi connectivity index (χ1) is 18.4. The molecule has 3 heterocycles. The maximum atomic E-state index is 15.4. The van der Waals surface area contributed by atoms with Crippen LogP contribution in [-0.2, 0) is 0 Å². The molecule has 0 radical (unpaired) electrons. The largest absolute Gasteiger partial charge is 0.383 e. The molecular formula is C29H31BrF2N6. The molecule has 2 aromatic heterocycles. The molecular weight excluding hydrogens is 550 g/mol. The van der Waals surface area contributed by atoms with Crippen molar-refractivity contribution in [1.82, 2.24) is 24.3 Å². The fraction of sp³-hybridized carbons (Fsp3) is 0.379. The number of rotatable bonds is 4. The van der Waals surface area contributed by atoms with Crippen molar-refractivity contribution < 1.29 is 8.78 Å². The second-order valence-electron chi connectivity index (χ2n) is 10.5. The maximum absolute atomic E-state index is 15.4. The van der Waals surface area contributed by atoms with E-state index in [0.29, 0.717) is 27.9 Å². The first-order valence-electron chi connectivity index (χ1n) is 13.2. The molecule has 2 fully saturated rings. The molecule has 9 heteroatoms. The number of nitrogen functional groups attached to an aromatic ring is 1. The van der Waals surface area contributed by atoms with Crippen LogP contribution in [0.2, 0.25) is 0 Å². The number of benzene rings is 2. The molecule has 4 aromatic rings. The smallest absolute Gasteiger partial charge is 0.146 e. The van der Waals surface area contributed by atoms with Crippen LogP contribution < -0.4 is 5.73 Å². The zero-order valence-electron chi connectivity index (χ0n) is 21.4. The summed E-state index contributed by atoms with van der Waals surface area (Å²) in [4.78, 5) is 13.9. The van der Waals surface area contributed by atoms with Crippen molar-refractivity contribution in [1.29, 1.82) is 0 Å². The van der Waals surface area contributed by atoms with Gasteiger partial charge in [-0.1, -0.05) is 34.1 Å². The highest BCUT2D eigenvalue weighted by Gasteiger charge is 2.30. The summed E-state index contributed by atoms with van der Waals surface area (Å²) in [6, 6.07) is 10.4. The molecule has 0 amide bonds. The third-order valence-electron chi connectivity index (χ3n) is 8.25. The van der Waals surface area contributed by atoms with Crippen LogP contribution in [-0.4, -0.2) is 63.6 Å². The van der Waals surface area contributed by atoms with Gasteiger partial charge in [-0.05, 0) is 56.5 Å². The van der Waals surface area contributed by atoms with Gasteiger partial charge >= 0.3 is 0 Å². The van der Waals surface area contributed by atoms with Crippen molar-refractivity contribution in [2.75, 3.05) is 39.0 Å². The van der Waals surface area contributed by atoms with Crippen molar-refractivity contribution in [3.63, 3.8) is 0 Å². The summed E-state index contributed by atoms with van der Waals surface area (Å²) < 4.78 is 32.7. The third-order valence-corrected chi connectivity index (χ3v) is 8.75. The van der Waals surface area contributed by atoms with E-state index in [9.17, 15) is 4.39 Å². The number of halogens is 3. The monoisotopic (exact) mass is 580 g/mol. The van der Waals surface area contributed by atoms with Crippen molar-refractivity contribution >= 4 is 32.8 Å². The van der Waals surface area contributed by atoms with E-state index >= 15 is 4.39 Å². The maximum Gasteiger partial charge on any atom is 0.146 e. The number of anilines is 1. The third kappa shape index (κ3) is 4.72. The Morgan fingerprint density at radius 2 is 1.50 bits per heavy atom. The van der Waals surface area contributed by atoms with Crippen LogP contribution in [0.1, 0.15) is 31.7 Å². The highest BCUT2D eigenvalue weighted by Crippen LogP contribution is 2.40. The number of likely N-dealkylation sites (N-methyl/N-ethyl adjacent to an activating group) is 1. The Hall–Kier alpha value is -2.88. The van der Waals surface area contributed by atoms with E-state index in [1.54, 1.807) is 18.2 Å². The van der Waals surface area contributed by atoms with Gasteiger partial charge in [-0.15, -0.1) is 0 Å². The Balaban J connectivity index is 1.30. The Labute approximate surface area is 229 Å². The fourth-order valence-electron chi connectivity index (χ4n) is 6.10. The van der Waals surface area contributed by atoms with E-state index in [1.807, 2.05) is 12.3 Å². The summed E-state index contributed by atoms with van der Waals surface area (Å²) >= 11 is 3.26. The summed E-state index contributed by atoms with van der Waals surface area (Å²) in [6.07, 6.45) is 7.94. The van der Waals surface area contributed by atoms with E-state index in [0.717, 1.165) is 68.5 Å². The molecule has 6 rings (SSSR count). The molecule has 2 N–H and O–H groups in total. The molecule has 0 bridgehead atoms. The summed E-state index contributed by atoms with van der Waals surface area (Å²) in [5, 5.41) is 0.732. The van der Waals surface area contributed by atoms with Gasteiger partial charge in [0.05, 0.1) is 5.39 Å². The zero-order valence-corrected chi connectivity index (χ0v) is 23.0. The predicted octanol–water partition coefficient (Wildman–Crippen LogP) is 6.12. The molecule has 1 aliphatic carbocycles. The van der Waals surface area contributed by atoms with Gasteiger partial charge in [0, 0.05) is 65.6 Å². The highest BCUT2D eigenvalue weighted by atomic mass is 79.9. The molecule has 2 aliphatic rings. The van der Waals surface area contributed by atoms with Crippen LogP contribution in [0.25, 0.3) is 33.3 Å². The average Bonchev–Trinajstić information content (AvgIpc) is 3.31. The summed E-state index contributed by atoms with van der Waals surface area (Å²) in [5.41, 5.74) is 9.01. The van der Waals surface area contributed by atoms with E-state index < -0.39 is 11.6 Å². The normalized spacial score (nSPS) is 21.3. The van der Waals surface area contributed by atoms with E-state index in [4.69, 9.17) is 5.73 Å². The Bertz CT molecular complexity index is 1470. The lowest BCUT2D eigenvalue weighted by Gasteiger charge is -2.41. The van der Waals surface area contributed by atoms with Gasteiger partial charge in [-0.25, -0.2) is 18.7 Å². The number of aromatic nitrogens is 3. The quantitative estimate of drug-likeness (QED) is 0.315. The lowest BCUT2D eigenvalue weighted by atomic mass is 9.89. The number of hydrogen-bond acceptors (Lipinski definition) is 5. The molecule has 6 nitrogen and oxygen atoms in total. The van der Waals surface area contributed by atoms with Crippen LogP contribution in [0.15, 0.2) is 53.4 Å². The molecule has 1 aliphatic heterocycles. The van der Waals surface area contributed by atoms with E-state index in [-0.39, 0.29) is 11.1 Å². The van der Waals surface area contributed by atoms with E-state index in [2.05, 4.69) is 47.3 Å². The van der Waals surface area contributed by atoms with Crippen molar-refractivity contribution in [2.45, 2.75) is 37.8 Å². The molecule has 198 valence electrons. The SMILES string of the molecule is CN1CCN(C2CCC(n3cc(-c4ccc(-c5ccc(Br)cc5F)c(F)c4)c4c(N)ncnc43)CC2)CC1. The fourth-order valence-corrected chi connectivity index (χ4v) is 6.44. The minimum Gasteiger partial charge on any atom is -0.383 e. The molecule has 2 aromatic carbocycles. The van der Waals surface area contributed by atoms with Crippen molar-refractivity contribution in [3.05, 3.63) is 65.0 Å². The van der Waals surface area contributed by atoms with Gasteiger partial charge in [0.2, 0.25) is 0 Å². The second-order valence-corrected chi connectivity index (χ2v) is 11.4. The standard InChI is InChI=1S/C29H31BrF2N6/c1-36-10-12-37(13-11-36)20-4-6-21(7-5-20)38-16-24(27-28(33)34-17-35-29(27)38)18-2-8-22(25(31)14-18)23-9-3-19(30)15-26(23)32/h2-3,8-9,14-17,20-21H,4-7,10-13H2,1H3,(H2,33,34,35). The molecule has 1 saturated carbocycles. The first kappa shape index (κ1) is 25.4. The summed E-state index contributed by atoms with van der Waals surface area (Å²) in [6.45, 7) is 4.53. The van der Waals surface area contributed by atoms with Gasteiger partial charge in [0.1, 0.15) is 29.4 Å². The van der Waals surface area contributed by atoms with Gasteiger partial charge in [-0.3, -0.25) is 4.90 Å².